The first-order valence-electron chi connectivity index (χ1n) is 6.41. The molecule has 1 aromatic rings. The van der Waals surface area contributed by atoms with Crippen LogP contribution in [0.4, 0.5) is 0 Å². The van der Waals surface area contributed by atoms with Crippen LogP contribution in [0.3, 0.4) is 0 Å². The van der Waals surface area contributed by atoms with E-state index >= 15 is 0 Å². The van der Waals surface area contributed by atoms with Gasteiger partial charge in [0, 0.05) is 13.0 Å². The van der Waals surface area contributed by atoms with E-state index in [9.17, 15) is 4.79 Å². The standard InChI is InChI=1S/C14H16BrNO2/c15-12-5-3-7-16(14(12)17)9-11-8-10-4-1-2-6-13(10)18-11/h1-2,4,6,11-12H,3,5,7-9H2. The van der Waals surface area contributed by atoms with Gasteiger partial charge in [-0.25, -0.2) is 0 Å². The van der Waals surface area contributed by atoms with Crippen molar-refractivity contribution in [3.05, 3.63) is 29.8 Å². The predicted octanol–water partition coefficient (Wildman–Crippen LogP) is 2.38. The quantitative estimate of drug-likeness (QED) is 0.785. The van der Waals surface area contributed by atoms with Crippen molar-refractivity contribution in [3.63, 3.8) is 0 Å². The SMILES string of the molecule is O=C1C(Br)CCCN1CC1Cc2ccccc2O1. The highest BCUT2D eigenvalue weighted by Crippen LogP contribution is 2.29. The van der Waals surface area contributed by atoms with E-state index < -0.39 is 0 Å². The lowest BCUT2D eigenvalue weighted by molar-refractivity contribution is -0.133. The number of hydrogen-bond donors (Lipinski definition) is 0. The first-order chi connectivity index (χ1) is 8.74. The second kappa shape index (κ2) is 4.92. The lowest BCUT2D eigenvalue weighted by atomic mass is 10.1. The number of likely N-dealkylation sites (tertiary alicyclic amines) is 1. The Hall–Kier alpha value is -1.03. The summed E-state index contributed by atoms with van der Waals surface area (Å²) in [5, 5.41) is 0. The predicted molar refractivity (Wildman–Crippen MR) is 73.1 cm³/mol. The first-order valence-corrected chi connectivity index (χ1v) is 7.33. The van der Waals surface area contributed by atoms with Gasteiger partial charge in [-0.1, -0.05) is 34.1 Å². The maximum absolute atomic E-state index is 12.0. The van der Waals surface area contributed by atoms with Crippen LogP contribution in [0.1, 0.15) is 18.4 Å². The highest BCUT2D eigenvalue weighted by atomic mass is 79.9. The normalized spacial score (nSPS) is 26.9. The third kappa shape index (κ3) is 2.26. The molecule has 2 unspecified atom stereocenters. The van der Waals surface area contributed by atoms with Crippen LogP contribution in [-0.2, 0) is 11.2 Å². The van der Waals surface area contributed by atoms with Crippen LogP contribution in [0, 0.1) is 0 Å². The summed E-state index contributed by atoms with van der Waals surface area (Å²) >= 11 is 3.44. The zero-order valence-electron chi connectivity index (χ0n) is 10.1. The van der Waals surface area contributed by atoms with Crippen LogP contribution in [0.2, 0.25) is 0 Å². The number of carbonyl (C=O) groups is 1. The molecule has 1 saturated heterocycles. The topological polar surface area (TPSA) is 29.5 Å². The van der Waals surface area contributed by atoms with Crippen LogP contribution in [-0.4, -0.2) is 34.8 Å². The van der Waals surface area contributed by atoms with Crippen molar-refractivity contribution in [1.29, 1.82) is 0 Å². The second-order valence-electron chi connectivity index (χ2n) is 4.95. The molecule has 4 heteroatoms. The van der Waals surface area contributed by atoms with Gasteiger partial charge < -0.3 is 9.64 Å². The number of rotatable bonds is 2. The summed E-state index contributed by atoms with van der Waals surface area (Å²) in [6, 6.07) is 8.12. The van der Waals surface area contributed by atoms with Gasteiger partial charge in [0.05, 0.1) is 11.4 Å². The van der Waals surface area contributed by atoms with Gasteiger partial charge in [-0.15, -0.1) is 0 Å². The molecule has 1 fully saturated rings. The summed E-state index contributed by atoms with van der Waals surface area (Å²) in [5.41, 5.74) is 1.25. The highest BCUT2D eigenvalue weighted by molar-refractivity contribution is 9.10. The Morgan fingerprint density at radius 3 is 3.06 bits per heavy atom. The number of nitrogens with zero attached hydrogens (tertiary/aromatic N) is 1. The van der Waals surface area contributed by atoms with Crippen molar-refractivity contribution in [2.45, 2.75) is 30.2 Å². The summed E-state index contributed by atoms with van der Waals surface area (Å²) in [4.78, 5) is 13.9. The van der Waals surface area contributed by atoms with Crippen LogP contribution in [0.5, 0.6) is 5.75 Å². The van der Waals surface area contributed by atoms with Gasteiger partial charge in [-0.2, -0.15) is 0 Å². The van der Waals surface area contributed by atoms with Crippen LogP contribution in [0.15, 0.2) is 24.3 Å². The highest BCUT2D eigenvalue weighted by Gasteiger charge is 2.31. The summed E-state index contributed by atoms with van der Waals surface area (Å²) in [6.45, 7) is 1.56. The minimum atomic E-state index is -0.00460. The minimum Gasteiger partial charge on any atom is -0.488 e. The minimum absolute atomic E-state index is 0.00460. The summed E-state index contributed by atoms with van der Waals surface area (Å²) < 4.78 is 5.88. The summed E-state index contributed by atoms with van der Waals surface area (Å²) in [7, 11) is 0. The molecule has 1 aromatic carbocycles. The Labute approximate surface area is 115 Å². The van der Waals surface area contributed by atoms with Gasteiger partial charge in [0.25, 0.3) is 0 Å². The molecule has 2 aliphatic heterocycles. The van der Waals surface area contributed by atoms with E-state index in [-0.39, 0.29) is 16.8 Å². The third-order valence-electron chi connectivity index (χ3n) is 3.60. The third-order valence-corrected chi connectivity index (χ3v) is 4.45. The number of fused-ring (bicyclic) bond motifs is 1. The van der Waals surface area contributed by atoms with E-state index in [1.54, 1.807) is 0 Å². The van der Waals surface area contributed by atoms with E-state index in [2.05, 4.69) is 22.0 Å². The zero-order valence-corrected chi connectivity index (χ0v) is 11.7. The van der Waals surface area contributed by atoms with E-state index in [1.807, 2.05) is 23.1 Å². The molecule has 0 N–H and O–H groups in total. The Morgan fingerprint density at radius 2 is 2.22 bits per heavy atom. The monoisotopic (exact) mass is 309 g/mol. The maximum atomic E-state index is 12.0. The Bertz CT molecular complexity index is 438. The average molecular weight is 310 g/mol. The fourth-order valence-corrected chi connectivity index (χ4v) is 3.29. The summed E-state index contributed by atoms with van der Waals surface area (Å²) in [5.74, 6) is 1.18. The molecule has 3 nitrogen and oxygen atoms in total. The zero-order chi connectivity index (χ0) is 12.5. The molecule has 0 radical (unpaired) electrons. The van der Waals surface area contributed by atoms with Gasteiger partial charge >= 0.3 is 0 Å². The molecule has 0 saturated carbocycles. The number of benzene rings is 1. The van der Waals surface area contributed by atoms with Gasteiger partial charge in [-0.05, 0) is 24.5 Å². The van der Waals surface area contributed by atoms with E-state index in [4.69, 9.17) is 4.74 Å². The van der Waals surface area contributed by atoms with Gasteiger partial charge in [0.1, 0.15) is 11.9 Å². The molecule has 0 spiro atoms. The molecule has 18 heavy (non-hydrogen) atoms. The lowest BCUT2D eigenvalue weighted by Gasteiger charge is -2.31. The van der Waals surface area contributed by atoms with Crippen LogP contribution < -0.4 is 4.74 Å². The smallest absolute Gasteiger partial charge is 0.236 e. The van der Waals surface area contributed by atoms with Gasteiger partial charge in [0.15, 0.2) is 0 Å². The maximum Gasteiger partial charge on any atom is 0.236 e. The Morgan fingerprint density at radius 1 is 1.39 bits per heavy atom. The largest absolute Gasteiger partial charge is 0.488 e. The molecule has 1 amide bonds. The number of ether oxygens (including phenoxy) is 1. The average Bonchev–Trinajstić information content (AvgIpc) is 2.77. The number of alkyl halides is 1. The first kappa shape index (κ1) is 12.0. The van der Waals surface area contributed by atoms with Gasteiger partial charge in [-0.3, -0.25) is 4.79 Å². The number of para-hydroxylation sites is 1. The van der Waals surface area contributed by atoms with Gasteiger partial charge in [0.2, 0.25) is 5.91 Å². The number of amides is 1. The van der Waals surface area contributed by atoms with Crippen LogP contribution in [0.25, 0.3) is 0 Å². The molecule has 0 bridgehead atoms. The number of hydrogen-bond acceptors (Lipinski definition) is 2. The van der Waals surface area contributed by atoms with Crippen molar-refractivity contribution in [3.8, 4) is 5.75 Å². The molecule has 0 aromatic heterocycles. The van der Waals surface area contributed by atoms with E-state index in [0.717, 1.165) is 31.6 Å². The molecular weight excluding hydrogens is 294 g/mol. The fraction of sp³-hybridized carbons (Fsp3) is 0.500. The van der Waals surface area contributed by atoms with E-state index in [1.165, 1.54) is 5.56 Å². The van der Waals surface area contributed by atoms with Crippen molar-refractivity contribution in [2.24, 2.45) is 0 Å². The molecule has 2 heterocycles. The molecule has 96 valence electrons. The fourth-order valence-electron chi connectivity index (χ4n) is 2.68. The molecule has 3 rings (SSSR count). The number of halogens is 1. The van der Waals surface area contributed by atoms with Crippen molar-refractivity contribution in [2.75, 3.05) is 13.1 Å². The van der Waals surface area contributed by atoms with Crippen molar-refractivity contribution in [1.82, 2.24) is 4.90 Å². The number of piperidine rings is 1. The Balaban J connectivity index is 1.64. The van der Waals surface area contributed by atoms with Crippen molar-refractivity contribution < 1.29 is 9.53 Å². The summed E-state index contributed by atoms with van der Waals surface area (Å²) in [6.07, 6.45) is 3.04. The molecule has 2 aliphatic rings. The number of carbonyl (C=O) groups excluding carboxylic acids is 1. The van der Waals surface area contributed by atoms with Crippen molar-refractivity contribution >= 4 is 21.8 Å². The Kier molecular flexibility index (Phi) is 3.29. The molecular formula is C14H16BrNO2. The molecule has 2 atom stereocenters. The second-order valence-corrected chi connectivity index (χ2v) is 6.05. The molecule has 0 aliphatic carbocycles. The lowest BCUT2D eigenvalue weighted by Crippen LogP contribution is -2.46. The van der Waals surface area contributed by atoms with Crippen LogP contribution >= 0.6 is 15.9 Å². The van der Waals surface area contributed by atoms with E-state index in [0.29, 0.717) is 6.54 Å².